The quantitative estimate of drug-likeness (QED) is 0.862. The maximum Gasteiger partial charge on any atom is 0.315 e. The summed E-state index contributed by atoms with van der Waals surface area (Å²) in [5.41, 5.74) is 1.44. The minimum absolute atomic E-state index is 0.0101. The maximum atomic E-state index is 13.0. The van der Waals surface area contributed by atoms with E-state index >= 15 is 0 Å². The fourth-order valence-corrected chi connectivity index (χ4v) is 2.87. The van der Waals surface area contributed by atoms with Gasteiger partial charge in [0.2, 0.25) is 5.91 Å². The molecular weight excluding hydrogens is 340 g/mol. The number of carbonyl (C=O) groups is 2. The number of hydrogen-bond acceptors (Lipinski definition) is 2. The fraction of sp³-hybridized carbons (Fsp3) is 0.263. The minimum Gasteiger partial charge on any atom is -0.338 e. The molecule has 0 aliphatic carbocycles. The van der Waals surface area contributed by atoms with Crippen molar-refractivity contribution in [2.24, 2.45) is 5.92 Å². The van der Waals surface area contributed by atoms with E-state index in [0.29, 0.717) is 25.2 Å². The van der Waals surface area contributed by atoms with Crippen LogP contribution in [0.1, 0.15) is 12.0 Å². The van der Waals surface area contributed by atoms with Crippen LogP contribution in [0.5, 0.6) is 0 Å². The van der Waals surface area contributed by atoms with E-state index in [4.69, 9.17) is 0 Å². The third-order valence-corrected chi connectivity index (χ3v) is 4.26. The molecular formula is C19H19F2N3O2. The van der Waals surface area contributed by atoms with Crippen molar-refractivity contribution in [2.75, 3.05) is 18.0 Å². The van der Waals surface area contributed by atoms with E-state index in [1.165, 1.54) is 24.3 Å². The van der Waals surface area contributed by atoms with Crippen LogP contribution < -0.4 is 15.5 Å². The van der Waals surface area contributed by atoms with Crippen molar-refractivity contribution in [2.45, 2.75) is 13.0 Å². The Balaban J connectivity index is 1.44. The highest BCUT2D eigenvalue weighted by Gasteiger charge is 2.30. The first kappa shape index (κ1) is 17.8. The number of hydrogen-bond donors (Lipinski definition) is 2. The van der Waals surface area contributed by atoms with Crippen LogP contribution in [0, 0.1) is 17.6 Å². The number of benzene rings is 2. The van der Waals surface area contributed by atoms with Crippen molar-refractivity contribution < 1.29 is 18.4 Å². The standard InChI is InChI=1S/C19H19F2N3O2/c20-15-3-1-13(2-4-15)10-22-19(26)23-11-14-9-18(25)24(12-14)17-7-5-16(21)6-8-17/h1-8,14H,9-12H2,(H2,22,23,26). The van der Waals surface area contributed by atoms with Gasteiger partial charge in [-0.3, -0.25) is 4.79 Å². The van der Waals surface area contributed by atoms with Crippen LogP contribution in [-0.4, -0.2) is 25.0 Å². The van der Waals surface area contributed by atoms with Gasteiger partial charge in [-0.15, -0.1) is 0 Å². The largest absolute Gasteiger partial charge is 0.338 e. The van der Waals surface area contributed by atoms with Gasteiger partial charge < -0.3 is 15.5 Å². The van der Waals surface area contributed by atoms with Crippen LogP contribution in [0.2, 0.25) is 0 Å². The molecule has 0 saturated carbocycles. The Morgan fingerprint density at radius 1 is 1.00 bits per heavy atom. The van der Waals surface area contributed by atoms with Crippen LogP contribution in [0.3, 0.4) is 0 Å². The molecule has 0 aromatic heterocycles. The molecule has 7 heteroatoms. The number of halogens is 2. The summed E-state index contributed by atoms with van der Waals surface area (Å²) >= 11 is 0. The molecule has 3 rings (SSSR count). The van der Waals surface area contributed by atoms with Crippen molar-refractivity contribution >= 4 is 17.6 Å². The highest BCUT2D eigenvalue weighted by Crippen LogP contribution is 2.24. The number of anilines is 1. The molecule has 1 aliphatic rings. The zero-order chi connectivity index (χ0) is 18.5. The first-order chi connectivity index (χ1) is 12.5. The molecule has 1 fully saturated rings. The van der Waals surface area contributed by atoms with Gasteiger partial charge in [-0.2, -0.15) is 0 Å². The topological polar surface area (TPSA) is 61.4 Å². The summed E-state index contributed by atoms with van der Waals surface area (Å²) in [5, 5.41) is 5.43. The summed E-state index contributed by atoms with van der Waals surface area (Å²) in [7, 11) is 0. The highest BCUT2D eigenvalue weighted by molar-refractivity contribution is 5.95. The van der Waals surface area contributed by atoms with Gasteiger partial charge in [-0.1, -0.05) is 12.1 Å². The first-order valence-electron chi connectivity index (χ1n) is 8.33. The number of nitrogens with zero attached hydrogens (tertiary/aromatic N) is 1. The predicted octanol–water partition coefficient (Wildman–Crippen LogP) is 2.82. The maximum absolute atomic E-state index is 13.0. The molecule has 1 atom stereocenters. The summed E-state index contributed by atoms with van der Waals surface area (Å²) in [6.45, 7) is 1.12. The lowest BCUT2D eigenvalue weighted by Gasteiger charge is -2.17. The summed E-state index contributed by atoms with van der Waals surface area (Å²) in [6.07, 6.45) is 0.329. The molecule has 136 valence electrons. The van der Waals surface area contributed by atoms with Gasteiger partial charge >= 0.3 is 6.03 Å². The minimum atomic E-state index is -0.351. The van der Waals surface area contributed by atoms with Crippen molar-refractivity contribution in [1.29, 1.82) is 0 Å². The van der Waals surface area contributed by atoms with Crippen LogP contribution in [0.25, 0.3) is 0 Å². The summed E-state index contributed by atoms with van der Waals surface area (Å²) in [6, 6.07) is 11.3. The Kier molecular flexibility index (Phi) is 5.46. The molecule has 1 heterocycles. The van der Waals surface area contributed by atoms with Gasteiger partial charge in [0.05, 0.1) is 0 Å². The van der Waals surface area contributed by atoms with Crippen LogP contribution in [0.15, 0.2) is 48.5 Å². The molecule has 5 nitrogen and oxygen atoms in total. The van der Waals surface area contributed by atoms with Crippen LogP contribution in [-0.2, 0) is 11.3 Å². The lowest BCUT2D eigenvalue weighted by molar-refractivity contribution is -0.117. The Morgan fingerprint density at radius 2 is 1.62 bits per heavy atom. The second-order valence-electron chi connectivity index (χ2n) is 6.24. The van der Waals surface area contributed by atoms with E-state index in [0.717, 1.165) is 5.56 Å². The zero-order valence-electron chi connectivity index (χ0n) is 14.0. The average Bonchev–Trinajstić information content (AvgIpc) is 3.01. The van der Waals surface area contributed by atoms with E-state index in [2.05, 4.69) is 10.6 Å². The Hall–Kier alpha value is -2.96. The molecule has 2 aromatic carbocycles. The number of urea groups is 1. The van der Waals surface area contributed by atoms with E-state index in [-0.39, 0.29) is 36.0 Å². The zero-order valence-corrected chi connectivity index (χ0v) is 14.0. The number of amides is 3. The van der Waals surface area contributed by atoms with Gasteiger partial charge in [0.25, 0.3) is 0 Å². The Bertz CT molecular complexity index is 778. The van der Waals surface area contributed by atoms with E-state index in [1.807, 2.05) is 0 Å². The van der Waals surface area contributed by atoms with Gasteiger partial charge in [-0.05, 0) is 42.0 Å². The molecule has 0 spiro atoms. The lowest BCUT2D eigenvalue weighted by Crippen LogP contribution is -2.38. The molecule has 26 heavy (non-hydrogen) atoms. The summed E-state index contributed by atoms with van der Waals surface area (Å²) in [5.74, 6) is -0.731. The second-order valence-corrected chi connectivity index (χ2v) is 6.24. The van der Waals surface area contributed by atoms with Crippen molar-refractivity contribution in [3.05, 3.63) is 65.7 Å². The van der Waals surface area contributed by atoms with E-state index < -0.39 is 0 Å². The molecule has 0 bridgehead atoms. The highest BCUT2D eigenvalue weighted by atomic mass is 19.1. The molecule has 2 aromatic rings. The molecule has 0 radical (unpaired) electrons. The number of rotatable bonds is 5. The van der Waals surface area contributed by atoms with Crippen molar-refractivity contribution in [3.63, 3.8) is 0 Å². The average molecular weight is 359 g/mol. The fourth-order valence-electron chi connectivity index (χ4n) is 2.87. The number of carbonyl (C=O) groups excluding carboxylic acids is 2. The SMILES string of the molecule is O=C(NCc1ccc(F)cc1)NCC1CC(=O)N(c2ccc(F)cc2)C1. The molecule has 1 aliphatic heterocycles. The third kappa shape index (κ3) is 4.56. The van der Waals surface area contributed by atoms with E-state index in [9.17, 15) is 18.4 Å². The molecule has 1 unspecified atom stereocenters. The van der Waals surface area contributed by atoms with Crippen LogP contribution in [0.4, 0.5) is 19.3 Å². The lowest BCUT2D eigenvalue weighted by atomic mass is 10.1. The predicted molar refractivity (Wildman–Crippen MR) is 93.5 cm³/mol. The smallest absolute Gasteiger partial charge is 0.315 e. The molecule has 2 N–H and O–H groups in total. The number of nitrogens with one attached hydrogen (secondary N) is 2. The monoisotopic (exact) mass is 359 g/mol. The van der Waals surface area contributed by atoms with Gasteiger partial charge in [0.1, 0.15) is 11.6 Å². The summed E-state index contributed by atoms with van der Waals surface area (Å²) < 4.78 is 25.8. The summed E-state index contributed by atoms with van der Waals surface area (Å²) in [4.78, 5) is 25.6. The Morgan fingerprint density at radius 3 is 2.27 bits per heavy atom. The Labute approximate surface area is 150 Å². The molecule has 1 saturated heterocycles. The normalized spacial score (nSPS) is 16.6. The second kappa shape index (κ2) is 7.95. The van der Waals surface area contributed by atoms with Gasteiger partial charge in [-0.25, -0.2) is 13.6 Å². The molecule has 3 amide bonds. The van der Waals surface area contributed by atoms with E-state index in [1.54, 1.807) is 29.2 Å². The van der Waals surface area contributed by atoms with Gasteiger partial charge in [0.15, 0.2) is 0 Å². The van der Waals surface area contributed by atoms with Crippen molar-refractivity contribution in [3.8, 4) is 0 Å². The third-order valence-electron chi connectivity index (χ3n) is 4.26. The van der Waals surface area contributed by atoms with Gasteiger partial charge in [0, 0.05) is 37.7 Å². The first-order valence-corrected chi connectivity index (χ1v) is 8.33. The van der Waals surface area contributed by atoms with Crippen LogP contribution >= 0.6 is 0 Å². The van der Waals surface area contributed by atoms with Crippen molar-refractivity contribution in [1.82, 2.24) is 10.6 Å².